The second kappa shape index (κ2) is 7.41. The molecule has 0 unspecified atom stereocenters. The van der Waals surface area contributed by atoms with Gasteiger partial charge in [0.15, 0.2) is 12.4 Å². The molecule has 0 saturated carbocycles. The fourth-order valence-corrected chi connectivity index (χ4v) is 2.50. The second-order valence-electron chi connectivity index (χ2n) is 4.12. The predicted octanol–water partition coefficient (Wildman–Crippen LogP) is 4.39. The van der Waals surface area contributed by atoms with Crippen LogP contribution in [-0.2, 0) is 0 Å². The van der Waals surface area contributed by atoms with Crippen LogP contribution in [0.5, 0.6) is 5.75 Å². The van der Waals surface area contributed by atoms with Crippen LogP contribution in [0.1, 0.15) is 10.4 Å². The molecule has 104 valence electrons. The maximum absolute atomic E-state index is 12.0. The van der Waals surface area contributed by atoms with Gasteiger partial charge in [-0.1, -0.05) is 12.1 Å². The number of ketones is 1. The topological polar surface area (TPSA) is 26.3 Å². The molecule has 0 spiro atoms. The Hall–Kier alpha value is -1.39. The Bertz CT molecular complexity index is 562. The SMILES string of the molecule is CSc1ccc(OCC(=O)c2ccc(SC)cc2)cc1. The van der Waals surface area contributed by atoms with Crippen LogP contribution in [0, 0.1) is 0 Å². The number of hydrogen-bond acceptors (Lipinski definition) is 4. The number of Topliss-reactive ketones (excluding diaryl/α,β-unsaturated/α-hetero) is 1. The normalized spacial score (nSPS) is 10.3. The summed E-state index contributed by atoms with van der Waals surface area (Å²) in [5.74, 6) is 0.712. The number of thioether (sulfide) groups is 2. The van der Waals surface area contributed by atoms with E-state index in [-0.39, 0.29) is 12.4 Å². The molecular formula is C16H16O2S2. The third-order valence-electron chi connectivity index (χ3n) is 2.84. The van der Waals surface area contributed by atoms with Gasteiger partial charge in [-0.2, -0.15) is 0 Å². The van der Waals surface area contributed by atoms with Crippen LogP contribution in [0.4, 0.5) is 0 Å². The summed E-state index contributed by atoms with van der Waals surface area (Å²) in [4.78, 5) is 14.3. The Morgan fingerprint density at radius 3 is 1.90 bits per heavy atom. The fourth-order valence-electron chi connectivity index (χ4n) is 1.68. The number of ether oxygens (including phenoxy) is 1. The van der Waals surface area contributed by atoms with E-state index in [4.69, 9.17) is 4.74 Å². The molecule has 0 bridgehead atoms. The third-order valence-corrected chi connectivity index (χ3v) is 4.33. The number of carbonyl (C=O) groups excluding carboxylic acids is 1. The number of carbonyl (C=O) groups is 1. The van der Waals surface area contributed by atoms with E-state index in [1.165, 1.54) is 4.90 Å². The van der Waals surface area contributed by atoms with Crippen molar-refractivity contribution in [2.75, 3.05) is 19.1 Å². The lowest BCUT2D eigenvalue weighted by atomic mass is 10.1. The van der Waals surface area contributed by atoms with Gasteiger partial charge in [0.2, 0.25) is 0 Å². The van der Waals surface area contributed by atoms with E-state index in [0.717, 1.165) is 10.6 Å². The summed E-state index contributed by atoms with van der Waals surface area (Å²) in [5.41, 5.74) is 0.684. The fraction of sp³-hybridized carbons (Fsp3) is 0.188. The minimum absolute atomic E-state index is 0.00778. The van der Waals surface area contributed by atoms with E-state index < -0.39 is 0 Å². The van der Waals surface area contributed by atoms with Crippen LogP contribution in [-0.4, -0.2) is 24.9 Å². The average Bonchev–Trinajstić information content (AvgIpc) is 2.53. The average molecular weight is 304 g/mol. The third kappa shape index (κ3) is 4.05. The highest BCUT2D eigenvalue weighted by atomic mass is 32.2. The molecule has 0 radical (unpaired) electrons. The van der Waals surface area contributed by atoms with Gasteiger partial charge in [-0.3, -0.25) is 4.79 Å². The molecule has 0 saturated heterocycles. The maximum Gasteiger partial charge on any atom is 0.200 e. The van der Waals surface area contributed by atoms with Crippen molar-refractivity contribution in [3.05, 3.63) is 54.1 Å². The quantitative estimate of drug-likeness (QED) is 0.584. The Morgan fingerprint density at radius 2 is 1.40 bits per heavy atom. The minimum Gasteiger partial charge on any atom is -0.485 e. The molecule has 0 aromatic heterocycles. The van der Waals surface area contributed by atoms with Crippen LogP contribution in [0.2, 0.25) is 0 Å². The zero-order valence-electron chi connectivity index (χ0n) is 11.5. The van der Waals surface area contributed by atoms with Gasteiger partial charge in [0.05, 0.1) is 0 Å². The zero-order chi connectivity index (χ0) is 14.4. The molecule has 0 amide bonds. The van der Waals surface area contributed by atoms with Gasteiger partial charge in [-0.15, -0.1) is 23.5 Å². The van der Waals surface area contributed by atoms with Gasteiger partial charge in [0.25, 0.3) is 0 Å². The van der Waals surface area contributed by atoms with E-state index in [2.05, 4.69) is 0 Å². The highest BCUT2D eigenvalue weighted by Gasteiger charge is 2.06. The Balaban J connectivity index is 1.93. The second-order valence-corrected chi connectivity index (χ2v) is 5.88. The summed E-state index contributed by atoms with van der Waals surface area (Å²) in [5, 5.41) is 0. The van der Waals surface area contributed by atoms with Crippen molar-refractivity contribution >= 4 is 29.3 Å². The van der Waals surface area contributed by atoms with E-state index in [9.17, 15) is 4.79 Å². The molecule has 0 aliphatic heterocycles. The van der Waals surface area contributed by atoms with E-state index >= 15 is 0 Å². The Labute approximate surface area is 127 Å². The summed E-state index contributed by atoms with van der Waals surface area (Å²) >= 11 is 3.34. The molecule has 2 nitrogen and oxygen atoms in total. The van der Waals surface area contributed by atoms with Gasteiger partial charge in [0, 0.05) is 15.4 Å². The van der Waals surface area contributed by atoms with Crippen molar-refractivity contribution in [1.82, 2.24) is 0 Å². The lowest BCUT2D eigenvalue weighted by molar-refractivity contribution is 0.0921. The summed E-state index contributed by atoms with van der Waals surface area (Å²) in [6.07, 6.45) is 4.04. The van der Waals surface area contributed by atoms with Crippen molar-refractivity contribution < 1.29 is 9.53 Å². The van der Waals surface area contributed by atoms with Crippen molar-refractivity contribution in [2.24, 2.45) is 0 Å². The molecule has 2 rings (SSSR count). The van der Waals surface area contributed by atoms with E-state index in [0.29, 0.717) is 5.56 Å². The van der Waals surface area contributed by atoms with Crippen molar-refractivity contribution in [3.63, 3.8) is 0 Å². The van der Waals surface area contributed by atoms with Gasteiger partial charge < -0.3 is 4.74 Å². The number of rotatable bonds is 6. The highest BCUT2D eigenvalue weighted by Crippen LogP contribution is 2.19. The van der Waals surface area contributed by atoms with Crippen molar-refractivity contribution in [3.8, 4) is 5.75 Å². The minimum atomic E-state index is -0.00778. The lowest BCUT2D eigenvalue weighted by Gasteiger charge is -2.06. The van der Waals surface area contributed by atoms with Crippen LogP contribution in [0.15, 0.2) is 58.3 Å². The number of hydrogen-bond donors (Lipinski definition) is 0. The molecule has 2 aromatic rings. The molecular weight excluding hydrogens is 288 g/mol. The van der Waals surface area contributed by atoms with E-state index in [1.807, 2.05) is 61.0 Å². The van der Waals surface area contributed by atoms with Gasteiger partial charge in [-0.05, 0) is 48.9 Å². The largest absolute Gasteiger partial charge is 0.485 e. The molecule has 20 heavy (non-hydrogen) atoms. The van der Waals surface area contributed by atoms with Crippen molar-refractivity contribution in [1.29, 1.82) is 0 Å². The first kappa shape index (κ1) is 15.0. The summed E-state index contributed by atoms with van der Waals surface area (Å²) in [7, 11) is 0. The van der Waals surface area contributed by atoms with Crippen LogP contribution >= 0.6 is 23.5 Å². The maximum atomic E-state index is 12.0. The van der Waals surface area contributed by atoms with Crippen LogP contribution in [0.3, 0.4) is 0 Å². The summed E-state index contributed by atoms with van der Waals surface area (Å²) < 4.78 is 5.51. The molecule has 0 fully saturated rings. The molecule has 0 heterocycles. The Kier molecular flexibility index (Phi) is 5.56. The molecule has 0 aliphatic carbocycles. The van der Waals surface area contributed by atoms with Gasteiger partial charge in [-0.25, -0.2) is 0 Å². The molecule has 0 N–H and O–H groups in total. The summed E-state index contributed by atoms with van der Waals surface area (Å²) in [6, 6.07) is 15.3. The van der Waals surface area contributed by atoms with E-state index in [1.54, 1.807) is 23.5 Å². The molecule has 0 atom stereocenters. The lowest BCUT2D eigenvalue weighted by Crippen LogP contribution is -2.11. The summed E-state index contributed by atoms with van der Waals surface area (Å²) in [6.45, 7) is 0.0667. The smallest absolute Gasteiger partial charge is 0.200 e. The number of benzene rings is 2. The molecule has 2 aromatic carbocycles. The van der Waals surface area contributed by atoms with Crippen LogP contribution in [0.25, 0.3) is 0 Å². The van der Waals surface area contributed by atoms with Crippen LogP contribution < -0.4 is 4.74 Å². The first-order valence-corrected chi connectivity index (χ1v) is 8.62. The predicted molar refractivity (Wildman–Crippen MR) is 86.3 cm³/mol. The molecule has 4 heteroatoms. The van der Waals surface area contributed by atoms with Crippen molar-refractivity contribution in [2.45, 2.75) is 9.79 Å². The van der Waals surface area contributed by atoms with Gasteiger partial charge in [0.1, 0.15) is 5.75 Å². The Morgan fingerprint density at radius 1 is 0.900 bits per heavy atom. The monoisotopic (exact) mass is 304 g/mol. The highest BCUT2D eigenvalue weighted by molar-refractivity contribution is 7.98. The first-order valence-electron chi connectivity index (χ1n) is 6.17. The first-order chi connectivity index (χ1) is 9.72. The molecule has 0 aliphatic rings. The standard InChI is InChI=1S/C16H16O2S2/c1-19-14-7-3-12(4-8-14)16(17)11-18-13-5-9-15(20-2)10-6-13/h3-10H,11H2,1-2H3. The van der Waals surface area contributed by atoms with Gasteiger partial charge >= 0.3 is 0 Å². The zero-order valence-corrected chi connectivity index (χ0v) is 13.1.